The monoisotopic (exact) mass is 468 g/mol. The summed E-state index contributed by atoms with van der Waals surface area (Å²) in [4.78, 5) is 30.6. The molecule has 0 bridgehead atoms. The number of rotatable bonds is 6. The minimum Gasteiger partial charge on any atom is -0.507 e. The number of carbonyl (C=O) groups is 2. The van der Waals surface area contributed by atoms with Crippen LogP contribution in [0.3, 0.4) is 0 Å². The number of hydrogen-bond acceptors (Lipinski definition) is 4. The first-order chi connectivity index (χ1) is 16.8. The number of benzene rings is 3. The van der Waals surface area contributed by atoms with Crippen LogP contribution < -0.4 is 9.80 Å². The van der Waals surface area contributed by atoms with Crippen LogP contribution >= 0.6 is 0 Å². The van der Waals surface area contributed by atoms with E-state index in [1.807, 2.05) is 75.4 Å². The second-order valence-electron chi connectivity index (χ2n) is 9.09. The quantitative estimate of drug-likeness (QED) is 0.270. The fourth-order valence-electron chi connectivity index (χ4n) is 4.70. The highest BCUT2D eigenvalue weighted by atomic mass is 16.3. The maximum atomic E-state index is 13.4. The standard InChI is InChI=1S/C30H32N2O3/c1-6-31(7-2)24-16-14-22(15-17-24)27-26(28(33)23-12-9-19(3)10-13-23)29(34)30(35)32(27)25-18-20(4)8-11-21(25)5/h8-18,27,33H,6-7H2,1-5H3/b28-26+. The number of anilines is 2. The Kier molecular flexibility index (Phi) is 6.79. The highest BCUT2D eigenvalue weighted by Crippen LogP contribution is 2.43. The van der Waals surface area contributed by atoms with Crippen molar-refractivity contribution < 1.29 is 14.7 Å². The number of aliphatic hydroxyl groups is 1. The van der Waals surface area contributed by atoms with Crippen molar-refractivity contribution in [3.05, 3.63) is 100 Å². The molecule has 0 aromatic heterocycles. The van der Waals surface area contributed by atoms with Crippen LogP contribution in [0.4, 0.5) is 11.4 Å². The molecule has 1 amide bonds. The molecule has 0 spiro atoms. The van der Waals surface area contributed by atoms with Gasteiger partial charge in [-0.3, -0.25) is 14.5 Å². The molecule has 1 fully saturated rings. The lowest BCUT2D eigenvalue weighted by atomic mass is 9.94. The Balaban J connectivity index is 1.93. The molecule has 1 N–H and O–H groups in total. The first-order valence-electron chi connectivity index (χ1n) is 12.1. The molecule has 0 radical (unpaired) electrons. The third-order valence-corrected chi connectivity index (χ3v) is 6.73. The minimum absolute atomic E-state index is 0.107. The van der Waals surface area contributed by atoms with Crippen molar-refractivity contribution >= 4 is 28.8 Å². The molecule has 5 heteroatoms. The molecule has 1 atom stereocenters. The zero-order valence-electron chi connectivity index (χ0n) is 21.0. The second kappa shape index (κ2) is 9.79. The number of nitrogens with zero attached hydrogens (tertiary/aromatic N) is 2. The van der Waals surface area contributed by atoms with Gasteiger partial charge in [0, 0.05) is 30.0 Å². The lowest BCUT2D eigenvalue weighted by molar-refractivity contribution is -0.132. The average molecular weight is 469 g/mol. The normalized spacial score (nSPS) is 17.2. The van der Waals surface area contributed by atoms with Crippen molar-refractivity contribution in [1.29, 1.82) is 0 Å². The van der Waals surface area contributed by atoms with Crippen LogP contribution in [-0.4, -0.2) is 29.9 Å². The van der Waals surface area contributed by atoms with E-state index in [0.29, 0.717) is 11.3 Å². The van der Waals surface area contributed by atoms with Gasteiger partial charge in [-0.2, -0.15) is 0 Å². The van der Waals surface area contributed by atoms with Gasteiger partial charge in [-0.15, -0.1) is 0 Å². The summed E-state index contributed by atoms with van der Waals surface area (Å²) in [5, 5.41) is 11.3. The SMILES string of the molecule is CCN(CC)c1ccc(C2/C(=C(\O)c3ccc(C)cc3)C(=O)C(=O)N2c2cc(C)ccc2C)cc1. The highest BCUT2D eigenvalue weighted by molar-refractivity contribution is 6.51. The molecule has 3 aromatic carbocycles. The van der Waals surface area contributed by atoms with Crippen LogP contribution in [0.25, 0.3) is 5.76 Å². The van der Waals surface area contributed by atoms with Crippen LogP contribution in [0.15, 0.2) is 72.3 Å². The summed E-state index contributed by atoms with van der Waals surface area (Å²) < 4.78 is 0. The van der Waals surface area contributed by atoms with Gasteiger partial charge in [0.2, 0.25) is 0 Å². The fraction of sp³-hybridized carbons (Fsp3) is 0.267. The molecule has 35 heavy (non-hydrogen) atoms. The average Bonchev–Trinajstić information content (AvgIpc) is 3.12. The van der Waals surface area contributed by atoms with E-state index in [0.717, 1.165) is 41.0 Å². The van der Waals surface area contributed by atoms with Gasteiger partial charge in [-0.05, 0) is 69.5 Å². The molecule has 5 nitrogen and oxygen atoms in total. The zero-order valence-corrected chi connectivity index (χ0v) is 21.0. The molecule has 180 valence electrons. The van der Waals surface area contributed by atoms with Gasteiger partial charge in [-0.1, -0.05) is 54.1 Å². The number of hydrogen-bond donors (Lipinski definition) is 1. The molecular formula is C30H32N2O3. The van der Waals surface area contributed by atoms with Crippen LogP contribution in [0.2, 0.25) is 0 Å². The molecule has 1 saturated heterocycles. The maximum Gasteiger partial charge on any atom is 0.300 e. The predicted octanol–water partition coefficient (Wildman–Crippen LogP) is 6.08. The van der Waals surface area contributed by atoms with Crippen molar-refractivity contribution in [3.8, 4) is 0 Å². The van der Waals surface area contributed by atoms with Gasteiger partial charge in [0.15, 0.2) is 0 Å². The first kappa shape index (κ1) is 24.3. The lowest BCUT2D eigenvalue weighted by Gasteiger charge is -2.28. The highest BCUT2D eigenvalue weighted by Gasteiger charge is 2.47. The van der Waals surface area contributed by atoms with E-state index in [4.69, 9.17) is 0 Å². The Morgan fingerprint density at radius 2 is 1.46 bits per heavy atom. The van der Waals surface area contributed by atoms with E-state index in [2.05, 4.69) is 18.7 Å². The summed E-state index contributed by atoms with van der Waals surface area (Å²) in [5.41, 5.74) is 6.05. The topological polar surface area (TPSA) is 60.9 Å². The van der Waals surface area contributed by atoms with Crippen molar-refractivity contribution in [1.82, 2.24) is 0 Å². The van der Waals surface area contributed by atoms with Gasteiger partial charge >= 0.3 is 0 Å². The molecule has 1 aliphatic rings. The molecule has 0 aliphatic carbocycles. The van der Waals surface area contributed by atoms with Crippen molar-refractivity contribution in [3.63, 3.8) is 0 Å². The Morgan fingerprint density at radius 3 is 2.06 bits per heavy atom. The Labute approximate surface area is 207 Å². The van der Waals surface area contributed by atoms with Gasteiger partial charge in [0.1, 0.15) is 5.76 Å². The number of aryl methyl sites for hydroxylation is 3. The Morgan fingerprint density at radius 1 is 0.857 bits per heavy atom. The molecule has 1 heterocycles. The van der Waals surface area contributed by atoms with Crippen LogP contribution in [-0.2, 0) is 9.59 Å². The summed E-state index contributed by atoms with van der Waals surface area (Å²) >= 11 is 0. The van der Waals surface area contributed by atoms with E-state index < -0.39 is 17.7 Å². The van der Waals surface area contributed by atoms with Crippen molar-refractivity contribution in [2.75, 3.05) is 22.9 Å². The number of Topliss-reactive ketones (excluding diaryl/α,β-unsaturated/α-hetero) is 1. The minimum atomic E-state index is -0.734. The second-order valence-corrected chi connectivity index (χ2v) is 9.09. The van der Waals surface area contributed by atoms with Gasteiger partial charge in [0.05, 0.1) is 11.6 Å². The number of ketones is 1. The lowest BCUT2D eigenvalue weighted by Crippen LogP contribution is -2.30. The molecule has 4 rings (SSSR count). The molecule has 1 unspecified atom stereocenters. The Hall–Kier alpha value is -3.86. The Bertz CT molecular complexity index is 1290. The smallest absolute Gasteiger partial charge is 0.300 e. The van der Waals surface area contributed by atoms with E-state index >= 15 is 0 Å². The summed E-state index contributed by atoms with van der Waals surface area (Å²) in [6.45, 7) is 11.8. The predicted molar refractivity (Wildman–Crippen MR) is 142 cm³/mol. The number of carbonyl (C=O) groups excluding carboxylic acids is 2. The molecular weight excluding hydrogens is 436 g/mol. The summed E-state index contributed by atoms with van der Waals surface area (Å²) in [6.07, 6.45) is 0. The zero-order chi connectivity index (χ0) is 25.3. The van der Waals surface area contributed by atoms with Crippen LogP contribution in [0, 0.1) is 20.8 Å². The van der Waals surface area contributed by atoms with Crippen molar-refractivity contribution in [2.45, 2.75) is 40.7 Å². The molecule has 3 aromatic rings. The summed E-state index contributed by atoms with van der Waals surface area (Å²) in [7, 11) is 0. The fourth-order valence-corrected chi connectivity index (χ4v) is 4.70. The van der Waals surface area contributed by atoms with E-state index in [9.17, 15) is 14.7 Å². The molecule has 1 aliphatic heterocycles. The van der Waals surface area contributed by atoms with Crippen LogP contribution in [0.5, 0.6) is 0 Å². The first-order valence-corrected chi connectivity index (χ1v) is 12.1. The largest absolute Gasteiger partial charge is 0.507 e. The third-order valence-electron chi connectivity index (χ3n) is 6.73. The summed E-state index contributed by atoms with van der Waals surface area (Å²) in [5.74, 6) is -1.47. The number of aliphatic hydroxyl groups excluding tert-OH is 1. The van der Waals surface area contributed by atoms with Gasteiger partial charge < -0.3 is 10.0 Å². The third kappa shape index (κ3) is 4.46. The van der Waals surface area contributed by atoms with E-state index in [1.165, 1.54) is 4.90 Å². The van der Waals surface area contributed by atoms with Gasteiger partial charge in [-0.25, -0.2) is 0 Å². The van der Waals surface area contributed by atoms with E-state index in [1.54, 1.807) is 12.1 Å². The van der Waals surface area contributed by atoms with Gasteiger partial charge in [0.25, 0.3) is 11.7 Å². The number of amides is 1. The summed E-state index contributed by atoms with van der Waals surface area (Å²) in [6, 6.07) is 20.3. The van der Waals surface area contributed by atoms with Crippen molar-refractivity contribution in [2.24, 2.45) is 0 Å². The van der Waals surface area contributed by atoms with E-state index in [-0.39, 0.29) is 11.3 Å². The van der Waals surface area contributed by atoms with Crippen LogP contribution in [0.1, 0.15) is 47.7 Å². The molecule has 0 saturated carbocycles. The maximum absolute atomic E-state index is 13.4.